The Balaban J connectivity index is 2.58. The molecule has 0 saturated carbocycles. The maximum Gasteiger partial charge on any atom is 0.222 e. The van der Waals surface area contributed by atoms with Crippen LogP contribution in [0.4, 0.5) is 14.7 Å². The topological polar surface area (TPSA) is 72.3 Å². The van der Waals surface area contributed by atoms with Crippen molar-refractivity contribution in [3.8, 4) is 17.0 Å². The smallest absolute Gasteiger partial charge is 0.222 e. The van der Waals surface area contributed by atoms with Crippen LogP contribution in [0.3, 0.4) is 0 Å². The van der Waals surface area contributed by atoms with E-state index in [1.165, 1.54) is 6.07 Å². The Hall–Kier alpha value is -2.11. The molecule has 4 nitrogen and oxygen atoms in total. The second kappa shape index (κ2) is 3.23. The lowest BCUT2D eigenvalue weighted by Gasteiger charge is -2.00. The number of phenolic OH excluding ortho intramolecular Hbond substituents is 1. The van der Waals surface area contributed by atoms with Crippen LogP contribution in [-0.4, -0.2) is 10.3 Å². The van der Waals surface area contributed by atoms with Crippen molar-refractivity contribution in [2.75, 3.05) is 5.73 Å². The highest BCUT2D eigenvalue weighted by Crippen LogP contribution is 2.30. The number of aromatic hydroxyl groups is 1. The Bertz CT molecular complexity index is 511. The van der Waals surface area contributed by atoms with Crippen LogP contribution >= 0.6 is 0 Å². The molecule has 0 aliphatic heterocycles. The van der Waals surface area contributed by atoms with Gasteiger partial charge < -0.3 is 15.4 Å². The molecule has 0 fully saturated rings. The number of phenols is 1. The van der Waals surface area contributed by atoms with Crippen molar-refractivity contribution in [3.05, 3.63) is 29.8 Å². The van der Waals surface area contributed by atoms with Crippen molar-refractivity contribution in [1.29, 1.82) is 0 Å². The van der Waals surface area contributed by atoms with E-state index in [0.717, 1.165) is 6.07 Å². The van der Waals surface area contributed by atoms with E-state index < -0.39 is 17.4 Å². The van der Waals surface area contributed by atoms with E-state index in [-0.39, 0.29) is 17.1 Å². The highest BCUT2D eigenvalue weighted by molar-refractivity contribution is 5.68. The van der Waals surface area contributed by atoms with E-state index in [2.05, 4.69) is 9.68 Å². The first-order valence-electron chi connectivity index (χ1n) is 3.98. The minimum Gasteiger partial charge on any atom is -0.507 e. The zero-order valence-corrected chi connectivity index (χ0v) is 7.37. The average Bonchev–Trinajstić information content (AvgIpc) is 2.58. The highest BCUT2D eigenvalue weighted by Gasteiger charge is 2.13. The van der Waals surface area contributed by atoms with Gasteiger partial charge in [0.2, 0.25) is 5.88 Å². The standard InChI is InChI=1S/C9H6F2N2O2/c10-5-1-4(8(14)2-6(5)11)7-3-9(12)15-13-7/h1-3,14H,12H2. The van der Waals surface area contributed by atoms with E-state index >= 15 is 0 Å². The molecular weight excluding hydrogens is 206 g/mol. The molecule has 0 aliphatic carbocycles. The van der Waals surface area contributed by atoms with Gasteiger partial charge in [-0.05, 0) is 6.07 Å². The molecular formula is C9H6F2N2O2. The molecule has 0 spiro atoms. The molecule has 15 heavy (non-hydrogen) atoms. The Morgan fingerprint density at radius 3 is 2.47 bits per heavy atom. The number of benzene rings is 1. The van der Waals surface area contributed by atoms with Gasteiger partial charge in [0.15, 0.2) is 11.6 Å². The Labute approximate surface area is 82.9 Å². The minimum atomic E-state index is -1.13. The van der Waals surface area contributed by atoms with Crippen molar-refractivity contribution in [2.24, 2.45) is 0 Å². The Morgan fingerprint density at radius 2 is 1.87 bits per heavy atom. The number of halogens is 2. The minimum absolute atomic E-state index is 0.0223. The molecule has 6 heteroatoms. The van der Waals surface area contributed by atoms with Crippen molar-refractivity contribution in [3.63, 3.8) is 0 Å². The van der Waals surface area contributed by atoms with E-state index in [9.17, 15) is 13.9 Å². The summed E-state index contributed by atoms with van der Waals surface area (Å²) in [4.78, 5) is 0. The van der Waals surface area contributed by atoms with Crippen molar-refractivity contribution in [2.45, 2.75) is 0 Å². The molecule has 1 aromatic heterocycles. The first kappa shape index (κ1) is 9.45. The predicted octanol–water partition coefficient (Wildman–Crippen LogP) is 1.91. The number of anilines is 1. The fraction of sp³-hybridized carbons (Fsp3) is 0. The van der Waals surface area contributed by atoms with Crippen LogP contribution in [0.25, 0.3) is 11.3 Å². The molecule has 2 aromatic rings. The van der Waals surface area contributed by atoms with E-state index in [1.807, 2.05) is 0 Å². The van der Waals surface area contributed by atoms with Crippen molar-refractivity contribution < 1.29 is 18.4 Å². The summed E-state index contributed by atoms with van der Waals surface area (Å²) in [6.45, 7) is 0. The number of hydrogen-bond acceptors (Lipinski definition) is 4. The van der Waals surface area contributed by atoms with Crippen LogP contribution in [0.15, 0.2) is 22.7 Å². The normalized spacial score (nSPS) is 10.5. The Kier molecular flexibility index (Phi) is 2.03. The molecule has 0 radical (unpaired) electrons. The monoisotopic (exact) mass is 212 g/mol. The summed E-state index contributed by atoms with van der Waals surface area (Å²) in [5.41, 5.74) is 5.42. The summed E-state index contributed by atoms with van der Waals surface area (Å²) in [7, 11) is 0. The predicted molar refractivity (Wildman–Crippen MR) is 47.9 cm³/mol. The molecule has 0 amide bonds. The zero-order valence-electron chi connectivity index (χ0n) is 7.37. The maximum atomic E-state index is 12.9. The summed E-state index contributed by atoms with van der Waals surface area (Å²) >= 11 is 0. The van der Waals surface area contributed by atoms with Crippen LogP contribution in [-0.2, 0) is 0 Å². The third-order valence-electron chi connectivity index (χ3n) is 1.84. The van der Waals surface area contributed by atoms with Gasteiger partial charge in [0.05, 0.1) is 0 Å². The van der Waals surface area contributed by atoms with Crippen LogP contribution < -0.4 is 5.73 Å². The highest BCUT2D eigenvalue weighted by atomic mass is 19.2. The summed E-state index contributed by atoms with van der Waals surface area (Å²) in [6, 6.07) is 2.78. The molecule has 3 N–H and O–H groups in total. The molecule has 2 rings (SSSR count). The van der Waals surface area contributed by atoms with Gasteiger partial charge in [-0.3, -0.25) is 0 Å². The number of nitrogen functional groups attached to an aromatic ring is 1. The van der Waals surface area contributed by atoms with Gasteiger partial charge in [-0.15, -0.1) is 0 Å². The summed E-state index contributed by atoms with van der Waals surface area (Å²) in [5.74, 6) is -2.62. The fourth-order valence-corrected chi connectivity index (χ4v) is 1.16. The molecule has 0 atom stereocenters. The lowest BCUT2D eigenvalue weighted by atomic mass is 10.1. The first-order valence-corrected chi connectivity index (χ1v) is 3.98. The quantitative estimate of drug-likeness (QED) is 0.757. The molecule has 78 valence electrons. The van der Waals surface area contributed by atoms with E-state index in [4.69, 9.17) is 5.73 Å². The lowest BCUT2D eigenvalue weighted by Crippen LogP contribution is -1.87. The summed E-state index contributed by atoms with van der Waals surface area (Å²) in [6.07, 6.45) is 0. The maximum absolute atomic E-state index is 12.9. The number of nitrogens with two attached hydrogens (primary N) is 1. The fourth-order valence-electron chi connectivity index (χ4n) is 1.16. The van der Waals surface area contributed by atoms with Gasteiger partial charge in [0, 0.05) is 17.7 Å². The lowest BCUT2D eigenvalue weighted by molar-refractivity contribution is 0.435. The molecule has 0 saturated heterocycles. The third-order valence-corrected chi connectivity index (χ3v) is 1.84. The van der Waals surface area contributed by atoms with Gasteiger partial charge in [0.25, 0.3) is 0 Å². The second-order valence-electron chi connectivity index (χ2n) is 2.90. The molecule has 1 heterocycles. The summed E-state index contributed by atoms with van der Waals surface area (Å²) < 4.78 is 30.1. The van der Waals surface area contributed by atoms with Crippen molar-refractivity contribution >= 4 is 5.88 Å². The van der Waals surface area contributed by atoms with Crippen molar-refractivity contribution in [1.82, 2.24) is 5.16 Å². The second-order valence-corrected chi connectivity index (χ2v) is 2.90. The average molecular weight is 212 g/mol. The van der Waals surface area contributed by atoms with Gasteiger partial charge in [-0.2, -0.15) is 0 Å². The van der Waals surface area contributed by atoms with E-state index in [1.54, 1.807) is 0 Å². The molecule has 0 bridgehead atoms. The largest absolute Gasteiger partial charge is 0.507 e. The molecule has 0 aliphatic rings. The van der Waals surface area contributed by atoms with Gasteiger partial charge in [0.1, 0.15) is 11.4 Å². The SMILES string of the molecule is Nc1cc(-c2cc(F)c(F)cc2O)no1. The zero-order chi connectivity index (χ0) is 11.0. The van der Waals surface area contributed by atoms with Crippen LogP contribution in [0.5, 0.6) is 5.75 Å². The summed E-state index contributed by atoms with van der Waals surface area (Å²) in [5, 5.41) is 12.8. The first-order chi connectivity index (χ1) is 7.08. The Morgan fingerprint density at radius 1 is 1.20 bits per heavy atom. The number of rotatable bonds is 1. The third kappa shape index (κ3) is 1.61. The van der Waals surface area contributed by atoms with Gasteiger partial charge in [-0.25, -0.2) is 8.78 Å². The van der Waals surface area contributed by atoms with Crippen LogP contribution in [0, 0.1) is 11.6 Å². The molecule has 1 aromatic carbocycles. The number of hydrogen-bond donors (Lipinski definition) is 2. The van der Waals surface area contributed by atoms with E-state index in [0.29, 0.717) is 6.07 Å². The van der Waals surface area contributed by atoms with Gasteiger partial charge in [-0.1, -0.05) is 5.16 Å². The van der Waals surface area contributed by atoms with Crippen LogP contribution in [0.1, 0.15) is 0 Å². The van der Waals surface area contributed by atoms with Gasteiger partial charge >= 0.3 is 0 Å². The molecule has 0 unspecified atom stereocenters. The van der Waals surface area contributed by atoms with Crippen LogP contribution in [0.2, 0.25) is 0 Å². The number of aromatic nitrogens is 1. The number of nitrogens with zero attached hydrogens (tertiary/aromatic N) is 1.